The molecule has 3 aromatic rings. The number of rotatable bonds is 4. The van der Waals surface area contributed by atoms with Gasteiger partial charge in [-0.05, 0) is 47.8 Å². The summed E-state index contributed by atoms with van der Waals surface area (Å²) in [5.74, 6) is 0.139. The molecule has 136 valence electrons. The van der Waals surface area contributed by atoms with E-state index in [1.54, 1.807) is 4.57 Å². The monoisotopic (exact) mass is 417 g/mol. The average Bonchev–Trinajstić information content (AvgIpc) is 2.95. The molecular weight excluding hydrogens is 398 g/mol. The van der Waals surface area contributed by atoms with Crippen molar-refractivity contribution in [2.24, 2.45) is 0 Å². The van der Waals surface area contributed by atoms with Gasteiger partial charge >= 0.3 is 0 Å². The third-order valence-corrected chi connectivity index (χ3v) is 4.57. The number of aryl methyl sites for hydroxylation is 1. The van der Waals surface area contributed by atoms with E-state index in [2.05, 4.69) is 31.3 Å². The zero-order valence-electron chi connectivity index (χ0n) is 15.1. The van der Waals surface area contributed by atoms with Crippen molar-refractivity contribution in [2.45, 2.75) is 40.2 Å². The molecule has 0 saturated heterocycles. The summed E-state index contributed by atoms with van der Waals surface area (Å²) in [6.45, 7) is 7.74. The van der Waals surface area contributed by atoms with Gasteiger partial charge in [0.25, 0.3) is 5.56 Å². The number of halogens is 1. The first-order chi connectivity index (χ1) is 12.3. The number of fused-ring (bicyclic) bond motifs is 1. The molecule has 0 aliphatic heterocycles. The molecule has 0 saturated carbocycles. The van der Waals surface area contributed by atoms with Crippen LogP contribution in [0.2, 0.25) is 0 Å². The van der Waals surface area contributed by atoms with E-state index < -0.39 is 0 Å². The molecule has 1 N–H and O–H groups in total. The van der Waals surface area contributed by atoms with Gasteiger partial charge in [0.05, 0.1) is 0 Å². The molecule has 2 heterocycles. The highest BCUT2D eigenvalue weighted by atomic mass is 79.9. The Labute approximate surface area is 159 Å². The molecule has 0 aliphatic carbocycles. The normalized spacial score (nSPS) is 11.3. The molecule has 1 amide bonds. The molecule has 2 aromatic heterocycles. The zero-order valence-corrected chi connectivity index (χ0v) is 16.7. The molecule has 0 aliphatic rings. The van der Waals surface area contributed by atoms with Crippen LogP contribution in [0.25, 0.3) is 5.78 Å². The predicted octanol–water partition coefficient (Wildman–Crippen LogP) is 3.03. The van der Waals surface area contributed by atoms with Gasteiger partial charge in [-0.2, -0.15) is 9.50 Å². The number of nitrogens with zero attached hydrogens (tertiary/aromatic N) is 4. The summed E-state index contributed by atoms with van der Waals surface area (Å²) < 4.78 is 3.27. The van der Waals surface area contributed by atoms with E-state index in [1.165, 1.54) is 4.52 Å². The number of carbonyl (C=O) groups excluding carboxylic acids is 1. The fraction of sp³-hybridized carbons (Fsp3) is 0.333. The lowest BCUT2D eigenvalue weighted by Crippen LogP contribution is -2.29. The first kappa shape index (κ1) is 18.3. The lowest BCUT2D eigenvalue weighted by molar-refractivity contribution is -0.116. The summed E-state index contributed by atoms with van der Waals surface area (Å²) in [4.78, 5) is 29.5. The van der Waals surface area contributed by atoms with Gasteiger partial charge in [0.2, 0.25) is 16.4 Å². The summed E-state index contributed by atoms with van der Waals surface area (Å²) in [7, 11) is 0. The number of amides is 1. The second kappa shape index (κ2) is 7.03. The second-order valence-electron chi connectivity index (χ2n) is 6.55. The predicted molar refractivity (Wildman–Crippen MR) is 104 cm³/mol. The Morgan fingerprint density at radius 2 is 1.88 bits per heavy atom. The molecular formula is C18H20BrN5O2. The van der Waals surface area contributed by atoms with Gasteiger partial charge in [0.15, 0.2) is 0 Å². The van der Waals surface area contributed by atoms with Crippen molar-refractivity contribution in [1.82, 2.24) is 19.2 Å². The zero-order chi connectivity index (χ0) is 19.0. The number of benzene rings is 1. The van der Waals surface area contributed by atoms with Crippen LogP contribution in [0, 0.1) is 13.8 Å². The van der Waals surface area contributed by atoms with Crippen molar-refractivity contribution >= 4 is 33.3 Å². The Morgan fingerprint density at radius 1 is 1.23 bits per heavy atom. The minimum Gasteiger partial charge on any atom is -0.325 e. The highest BCUT2D eigenvalue weighted by Crippen LogP contribution is 2.18. The number of hydrogen-bond acceptors (Lipinski definition) is 4. The van der Waals surface area contributed by atoms with E-state index in [1.807, 2.05) is 52.0 Å². The van der Waals surface area contributed by atoms with Crippen molar-refractivity contribution in [3.8, 4) is 0 Å². The smallest absolute Gasteiger partial charge is 0.279 e. The Balaban J connectivity index is 2.02. The van der Waals surface area contributed by atoms with Crippen LogP contribution in [0.5, 0.6) is 0 Å². The molecule has 1 aromatic carbocycles. The quantitative estimate of drug-likeness (QED) is 0.706. The molecule has 0 unspecified atom stereocenters. The summed E-state index contributed by atoms with van der Waals surface area (Å²) in [6.07, 6.45) is 0. The maximum absolute atomic E-state index is 12.7. The Bertz CT molecular complexity index is 1030. The molecule has 0 spiro atoms. The van der Waals surface area contributed by atoms with Crippen molar-refractivity contribution < 1.29 is 4.79 Å². The van der Waals surface area contributed by atoms with Crippen LogP contribution in [0.1, 0.15) is 36.6 Å². The number of anilines is 1. The third kappa shape index (κ3) is 3.41. The number of carbonyl (C=O) groups is 1. The Morgan fingerprint density at radius 3 is 2.50 bits per heavy atom. The van der Waals surface area contributed by atoms with E-state index in [9.17, 15) is 9.59 Å². The number of aromatic nitrogens is 4. The summed E-state index contributed by atoms with van der Waals surface area (Å²) in [5, 5.41) is 6.99. The van der Waals surface area contributed by atoms with E-state index in [0.29, 0.717) is 16.1 Å². The van der Waals surface area contributed by atoms with Crippen LogP contribution >= 0.6 is 15.9 Å². The molecule has 0 radical (unpaired) electrons. The lowest BCUT2D eigenvalue weighted by Gasteiger charge is -2.17. The first-order valence-electron chi connectivity index (χ1n) is 8.30. The first-order valence-corrected chi connectivity index (χ1v) is 9.09. The van der Waals surface area contributed by atoms with E-state index >= 15 is 0 Å². The molecule has 7 nitrogen and oxygen atoms in total. The lowest BCUT2D eigenvalue weighted by atomic mass is 10.0. The van der Waals surface area contributed by atoms with Crippen LogP contribution < -0.4 is 10.9 Å². The highest BCUT2D eigenvalue weighted by molar-refractivity contribution is 9.10. The van der Waals surface area contributed by atoms with Crippen LogP contribution in [0.3, 0.4) is 0 Å². The van der Waals surface area contributed by atoms with Crippen molar-refractivity contribution in [3.05, 3.63) is 56.2 Å². The average molecular weight is 418 g/mol. The SMILES string of the molecule is Cc1ccc(NC(=O)Cn2c(C)c(C(C)C)c(=O)n3nc(Br)nc23)cc1. The fourth-order valence-corrected chi connectivity index (χ4v) is 3.31. The standard InChI is InChI=1S/C18H20BrN5O2/c1-10(2)15-12(4)23(18-21-17(19)22-24(18)16(15)26)9-14(25)20-13-7-5-11(3)6-8-13/h5-8,10H,9H2,1-4H3,(H,20,25). The van der Waals surface area contributed by atoms with Gasteiger partial charge < -0.3 is 9.88 Å². The van der Waals surface area contributed by atoms with Crippen LogP contribution in [-0.2, 0) is 11.3 Å². The summed E-state index contributed by atoms with van der Waals surface area (Å²) >= 11 is 3.21. The Kier molecular flexibility index (Phi) is 4.95. The van der Waals surface area contributed by atoms with Gasteiger partial charge in [-0.15, -0.1) is 5.10 Å². The van der Waals surface area contributed by atoms with Crippen LogP contribution in [0.15, 0.2) is 33.8 Å². The molecule has 26 heavy (non-hydrogen) atoms. The number of hydrogen-bond donors (Lipinski definition) is 1. The fourth-order valence-electron chi connectivity index (χ4n) is 2.99. The van der Waals surface area contributed by atoms with Gasteiger partial charge in [-0.3, -0.25) is 9.59 Å². The largest absolute Gasteiger partial charge is 0.325 e. The number of nitrogens with one attached hydrogen (secondary N) is 1. The van der Waals surface area contributed by atoms with E-state index in [4.69, 9.17) is 0 Å². The van der Waals surface area contributed by atoms with Gasteiger partial charge in [0.1, 0.15) is 6.54 Å². The minimum atomic E-state index is -0.208. The van der Waals surface area contributed by atoms with Crippen molar-refractivity contribution in [3.63, 3.8) is 0 Å². The van der Waals surface area contributed by atoms with E-state index in [0.717, 1.165) is 16.9 Å². The molecule has 0 atom stereocenters. The van der Waals surface area contributed by atoms with Gasteiger partial charge in [-0.25, -0.2) is 0 Å². The summed E-state index contributed by atoms with van der Waals surface area (Å²) in [5.41, 5.74) is 2.98. The maximum Gasteiger partial charge on any atom is 0.279 e. The molecule has 0 bridgehead atoms. The molecule has 3 rings (SSSR count). The highest BCUT2D eigenvalue weighted by Gasteiger charge is 2.20. The topological polar surface area (TPSA) is 81.3 Å². The maximum atomic E-state index is 12.7. The molecule has 8 heteroatoms. The molecule has 0 fully saturated rings. The van der Waals surface area contributed by atoms with Gasteiger partial charge in [0, 0.05) is 16.9 Å². The van der Waals surface area contributed by atoms with Crippen LogP contribution in [-0.4, -0.2) is 25.1 Å². The third-order valence-electron chi connectivity index (χ3n) is 4.24. The van der Waals surface area contributed by atoms with Crippen molar-refractivity contribution in [1.29, 1.82) is 0 Å². The van der Waals surface area contributed by atoms with E-state index in [-0.39, 0.29) is 23.9 Å². The second-order valence-corrected chi connectivity index (χ2v) is 7.26. The van der Waals surface area contributed by atoms with Crippen LogP contribution in [0.4, 0.5) is 5.69 Å². The van der Waals surface area contributed by atoms with Gasteiger partial charge in [-0.1, -0.05) is 31.5 Å². The minimum absolute atomic E-state index is 0.00119. The van der Waals surface area contributed by atoms with Crippen molar-refractivity contribution in [2.75, 3.05) is 5.32 Å². The Hall–Kier alpha value is -2.48. The summed E-state index contributed by atoms with van der Waals surface area (Å²) in [6, 6.07) is 7.58.